The van der Waals surface area contributed by atoms with Gasteiger partial charge in [0.2, 0.25) is 0 Å². The van der Waals surface area contributed by atoms with Crippen LogP contribution in [-0.4, -0.2) is 18.1 Å². The molecule has 1 heterocycles. The van der Waals surface area contributed by atoms with E-state index in [9.17, 15) is 4.79 Å². The summed E-state index contributed by atoms with van der Waals surface area (Å²) in [4.78, 5) is 17.0. The van der Waals surface area contributed by atoms with E-state index in [0.29, 0.717) is 5.56 Å². The minimum absolute atomic E-state index is 0.368. The highest BCUT2D eigenvalue weighted by Crippen LogP contribution is 2.29. The number of carbonyl (C=O) groups excluding carboxylic acids is 1. The zero-order valence-corrected chi connectivity index (χ0v) is 15.1. The SMILES string of the molecule is COC(=O)c1cc(-c2ccc3ccccc3c2)nc2ccc(Br)cc12. The molecule has 0 saturated carbocycles. The number of fused-ring (bicyclic) bond motifs is 2. The number of ether oxygens (including phenoxy) is 1. The molecule has 0 saturated heterocycles. The van der Waals surface area contributed by atoms with Crippen molar-refractivity contribution >= 4 is 43.6 Å². The molecular weight excluding hydrogens is 378 g/mol. The van der Waals surface area contributed by atoms with Crippen molar-refractivity contribution in [1.29, 1.82) is 0 Å². The van der Waals surface area contributed by atoms with Crippen molar-refractivity contribution in [3.05, 3.63) is 76.8 Å². The maximum atomic E-state index is 12.3. The molecule has 1 aromatic heterocycles. The Morgan fingerprint density at radius 3 is 2.56 bits per heavy atom. The minimum atomic E-state index is -0.368. The van der Waals surface area contributed by atoms with E-state index in [1.54, 1.807) is 6.07 Å². The number of benzene rings is 3. The van der Waals surface area contributed by atoms with Crippen molar-refractivity contribution in [2.45, 2.75) is 0 Å². The lowest BCUT2D eigenvalue weighted by molar-refractivity contribution is 0.0603. The first-order valence-electron chi connectivity index (χ1n) is 7.83. The summed E-state index contributed by atoms with van der Waals surface area (Å²) >= 11 is 3.45. The van der Waals surface area contributed by atoms with Crippen LogP contribution >= 0.6 is 15.9 Å². The number of aromatic nitrogens is 1. The lowest BCUT2D eigenvalue weighted by atomic mass is 10.0. The lowest BCUT2D eigenvalue weighted by Gasteiger charge is -2.10. The zero-order chi connectivity index (χ0) is 17.4. The van der Waals surface area contributed by atoms with Gasteiger partial charge in [0.25, 0.3) is 0 Å². The molecule has 0 N–H and O–H groups in total. The Morgan fingerprint density at radius 2 is 1.76 bits per heavy atom. The molecule has 3 aromatic carbocycles. The van der Waals surface area contributed by atoms with Gasteiger partial charge in [0.05, 0.1) is 23.9 Å². The van der Waals surface area contributed by atoms with Crippen molar-refractivity contribution in [1.82, 2.24) is 4.98 Å². The smallest absolute Gasteiger partial charge is 0.338 e. The molecule has 0 aliphatic rings. The van der Waals surface area contributed by atoms with Crippen LogP contribution < -0.4 is 0 Å². The van der Waals surface area contributed by atoms with E-state index in [4.69, 9.17) is 9.72 Å². The number of methoxy groups -OCH3 is 1. The molecule has 0 radical (unpaired) electrons. The minimum Gasteiger partial charge on any atom is -0.465 e. The Morgan fingerprint density at radius 1 is 0.960 bits per heavy atom. The second kappa shape index (κ2) is 6.30. The molecular formula is C21H14BrNO2. The summed E-state index contributed by atoms with van der Waals surface area (Å²) in [6.07, 6.45) is 0. The summed E-state index contributed by atoms with van der Waals surface area (Å²) in [5.74, 6) is -0.368. The van der Waals surface area contributed by atoms with E-state index >= 15 is 0 Å². The number of carbonyl (C=O) groups is 1. The average Bonchev–Trinajstić information content (AvgIpc) is 2.66. The van der Waals surface area contributed by atoms with Gasteiger partial charge in [0.1, 0.15) is 0 Å². The van der Waals surface area contributed by atoms with E-state index in [-0.39, 0.29) is 5.97 Å². The summed E-state index contributed by atoms with van der Waals surface area (Å²) in [6, 6.07) is 21.8. The first-order valence-corrected chi connectivity index (χ1v) is 8.63. The van der Waals surface area contributed by atoms with Gasteiger partial charge in [-0.05, 0) is 41.1 Å². The Hall–Kier alpha value is -2.72. The van der Waals surface area contributed by atoms with Crippen LogP contribution in [0.2, 0.25) is 0 Å². The number of hydrogen-bond donors (Lipinski definition) is 0. The fraction of sp³-hybridized carbons (Fsp3) is 0.0476. The molecule has 0 bridgehead atoms. The predicted molar refractivity (Wildman–Crippen MR) is 104 cm³/mol. The van der Waals surface area contributed by atoms with E-state index in [2.05, 4.69) is 40.2 Å². The fourth-order valence-corrected chi connectivity index (χ4v) is 3.33. The maximum Gasteiger partial charge on any atom is 0.338 e. The summed E-state index contributed by atoms with van der Waals surface area (Å²) in [6.45, 7) is 0. The molecule has 0 fully saturated rings. The Balaban J connectivity index is 1.97. The monoisotopic (exact) mass is 391 g/mol. The topological polar surface area (TPSA) is 39.2 Å². The third-order valence-electron chi connectivity index (χ3n) is 4.22. The van der Waals surface area contributed by atoms with Crippen molar-refractivity contribution in [3.8, 4) is 11.3 Å². The Kier molecular flexibility index (Phi) is 3.98. The molecule has 0 aliphatic carbocycles. The molecule has 0 amide bonds. The Labute approximate surface area is 153 Å². The first-order chi connectivity index (χ1) is 12.2. The predicted octanol–water partition coefficient (Wildman–Crippen LogP) is 5.60. The third-order valence-corrected chi connectivity index (χ3v) is 4.71. The van der Waals surface area contributed by atoms with Crippen molar-refractivity contribution < 1.29 is 9.53 Å². The lowest BCUT2D eigenvalue weighted by Crippen LogP contribution is -2.04. The number of pyridine rings is 1. The van der Waals surface area contributed by atoms with Gasteiger partial charge in [-0.1, -0.05) is 52.3 Å². The number of rotatable bonds is 2. The van der Waals surface area contributed by atoms with E-state index in [1.807, 2.05) is 36.4 Å². The van der Waals surface area contributed by atoms with Crippen LogP contribution in [0.1, 0.15) is 10.4 Å². The van der Waals surface area contributed by atoms with Crippen LogP contribution in [0.25, 0.3) is 32.9 Å². The van der Waals surface area contributed by atoms with Gasteiger partial charge in [0, 0.05) is 15.4 Å². The fourth-order valence-electron chi connectivity index (χ4n) is 2.97. The molecule has 3 nitrogen and oxygen atoms in total. The van der Waals surface area contributed by atoms with Crippen LogP contribution in [0.4, 0.5) is 0 Å². The van der Waals surface area contributed by atoms with Crippen LogP contribution in [-0.2, 0) is 4.74 Å². The van der Waals surface area contributed by atoms with Crippen LogP contribution in [0.15, 0.2) is 71.2 Å². The van der Waals surface area contributed by atoms with Crippen molar-refractivity contribution in [3.63, 3.8) is 0 Å². The van der Waals surface area contributed by atoms with Gasteiger partial charge in [0.15, 0.2) is 0 Å². The summed E-state index contributed by atoms with van der Waals surface area (Å²) in [7, 11) is 1.39. The number of halogens is 1. The highest BCUT2D eigenvalue weighted by molar-refractivity contribution is 9.10. The third kappa shape index (κ3) is 2.89. The summed E-state index contributed by atoms with van der Waals surface area (Å²) in [5, 5.41) is 3.08. The highest BCUT2D eigenvalue weighted by atomic mass is 79.9. The average molecular weight is 392 g/mol. The molecule has 0 atom stereocenters. The molecule has 4 aromatic rings. The summed E-state index contributed by atoms with van der Waals surface area (Å²) in [5.41, 5.74) is 2.99. The molecule has 4 rings (SSSR count). The molecule has 4 heteroatoms. The van der Waals surface area contributed by atoms with E-state index in [1.165, 1.54) is 12.5 Å². The number of esters is 1. The van der Waals surface area contributed by atoms with E-state index in [0.717, 1.165) is 32.0 Å². The molecule has 0 unspecified atom stereocenters. The maximum absolute atomic E-state index is 12.3. The van der Waals surface area contributed by atoms with Crippen molar-refractivity contribution in [2.75, 3.05) is 7.11 Å². The van der Waals surface area contributed by atoms with Gasteiger partial charge < -0.3 is 4.74 Å². The van der Waals surface area contributed by atoms with Crippen molar-refractivity contribution in [2.24, 2.45) is 0 Å². The largest absolute Gasteiger partial charge is 0.465 e. The van der Waals surface area contributed by atoms with Gasteiger partial charge in [-0.2, -0.15) is 0 Å². The van der Waals surface area contributed by atoms with Gasteiger partial charge >= 0.3 is 5.97 Å². The quantitative estimate of drug-likeness (QED) is 0.417. The number of hydrogen-bond acceptors (Lipinski definition) is 3. The second-order valence-corrected chi connectivity index (χ2v) is 6.69. The van der Waals surface area contributed by atoms with E-state index < -0.39 is 0 Å². The zero-order valence-electron chi connectivity index (χ0n) is 13.5. The van der Waals surface area contributed by atoms with Crippen LogP contribution in [0.3, 0.4) is 0 Å². The summed E-state index contributed by atoms with van der Waals surface area (Å²) < 4.78 is 5.86. The van der Waals surface area contributed by atoms with Crippen LogP contribution in [0.5, 0.6) is 0 Å². The molecule has 0 spiro atoms. The first kappa shape index (κ1) is 15.8. The van der Waals surface area contributed by atoms with Gasteiger partial charge in [-0.3, -0.25) is 0 Å². The normalized spacial score (nSPS) is 11.0. The van der Waals surface area contributed by atoms with Gasteiger partial charge in [-0.15, -0.1) is 0 Å². The van der Waals surface area contributed by atoms with Crippen LogP contribution in [0, 0.1) is 0 Å². The second-order valence-electron chi connectivity index (χ2n) is 5.77. The Bertz CT molecular complexity index is 1120. The molecule has 25 heavy (non-hydrogen) atoms. The number of nitrogens with zero attached hydrogens (tertiary/aromatic N) is 1. The standard InChI is InChI=1S/C21H14BrNO2/c1-25-21(24)18-12-20(23-19-9-8-16(22)11-17(18)19)15-7-6-13-4-2-3-5-14(13)10-15/h2-12H,1H3. The highest BCUT2D eigenvalue weighted by Gasteiger charge is 2.15. The van der Waals surface area contributed by atoms with Gasteiger partial charge in [-0.25, -0.2) is 9.78 Å². The molecule has 122 valence electrons. The molecule has 0 aliphatic heterocycles.